The first-order chi connectivity index (χ1) is 14.4. The van der Waals surface area contributed by atoms with Crippen LogP contribution in [0.3, 0.4) is 0 Å². The fourth-order valence-electron chi connectivity index (χ4n) is 3.55. The van der Waals surface area contributed by atoms with Crippen LogP contribution in [0.4, 0.5) is 4.79 Å². The Kier molecular flexibility index (Phi) is 6.54. The third-order valence-electron chi connectivity index (χ3n) is 5.15. The normalized spacial score (nSPS) is 18.4. The van der Waals surface area contributed by atoms with Crippen LogP contribution in [-0.2, 0) is 11.3 Å². The van der Waals surface area contributed by atoms with Gasteiger partial charge in [0.2, 0.25) is 0 Å². The number of aliphatic hydroxyl groups is 1. The molecule has 1 aliphatic rings. The monoisotopic (exact) mass is 409 g/mol. The minimum Gasteiger partial charge on any atom is -0.497 e. The Balaban J connectivity index is 1.87. The highest BCUT2D eigenvalue weighted by molar-refractivity contribution is 5.92. The van der Waals surface area contributed by atoms with Crippen molar-refractivity contribution >= 4 is 12.0 Å². The van der Waals surface area contributed by atoms with Crippen molar-refractivity contribution in [3.05, 3.63) is 64.7 Å². The quantitative estimate of drug-likeness (QED) is 0.731. The number of likely N-dealkylation sites (tertiary alicyclic amines) is 1. The SMILES string of the molecule is COc1ccc(COC(=O)c2cc(C#N)ccc2C2CC(O)CCN2C(N)=O)cc1. The Hall–Kier alpha value is -3.57. The molecule has 2 amide bonds. The second kappa shape index (κ2) is 9.29. The summed E-state index contributed by atoms with van der Waals surface area (Å²) in [7, 11) is 1.57. The third-order valence-corrected chi connectivity index (χ3v) is 5.15. The molecule has 0 radical (unpaired) electrons. The van der Waals surface area contributed by atoms with Gasteiger partial charge in [-0.3, -0.25) is 0 Å². The fraction of sp³-hybridized carbons (Fsp3) is 0.318. The van der Waals surface area contributed by atoms with Crippen molar-refractivity contribution in [2.24, 2.45) is 5.73 Å². The van der Waals surface area contributed by atoms with E-state index in [4.69, 9.17) is 15.2 Å². The molecule has 0 bridgehead atoms. The van der Waals surface area contributed by atoms with E-state index < -0.39 is 24.1 Å². The van der Waals surface area contributed by atoms with E-state index in [0.29, 0.717) is 17.7 Å². The summed E-state index contributed by atoms with van der Waals surface area (Å²) in [6, 6.07) is 12.5. The Morgan fingerprint density at radius 1 is 1.27 bits per heavy atom. The number of hydrogen-bond acceptors (Lipinski definition) is 6. The molecule has 2 unspecified atom stereocenters. The number of carbonyl (C=O) groups is 2. The summed E-state index contributed by atoms with van der Waals surface area (Å²) in [5.41, 5.74) is 7.23. The van der Waals surface area contributed by atoms with Crippen LogP contribution in [0.15, 0.2) is 42.5 Å². The number of nitriles is 1. The van der Waals surface area contributed by atoms with Crippen LogP contribution in [0.2, 0.25) is 0 Å². The van der Waals surface area contributed by atoms with E-state index in [0.717, 1.165) is 5.56 Å². The molecule has 156 valence electrons. The molecule has 30 heavy (non-hydrogen) atoms. The van der Waals surface area contributed by atoms with E-state index in [1.807, 2.05) is 6.07 Å². The first kappa shape index (κ1) is 21.1. The van der Waals surface area contributed by atoms with Crippen molar-refractivity contribution < 1.29 is 24.2 Å². The van der Waals surface area contributed by atoms with Gasteiger partial charge in [0.05, 0.1) is 36.5 Å². The van der Waals surface area contributed by atoms with Gasteiger partial charge in [-0.25, -0.2) is 9.59 Å². The zero-order valence-electron chi connectivity index (χ0n) is 16.6. The van der Waals surface area contributed by atoms with Gasteiger partial charge in [0.15, 0.2) is 0 Å². The second-order valence-corrected chi connectivity index (χ2v) is 7.06. The van der Waals surface area contributed by atoms with Crippen molar-refractivity contribution in [3.8, 4) is 11.8 Å². The highest BCUT2D eigenvalue weighted by Crippen LogP contribution is 2.34. The third kappa shape index (κ3) is 4.70. The molecule has 8 heteroatoms. The van der Waals surface area contributed by atoms with E-state index in [1.165, 1.54) is 11.0 Å². The Bertz CT molecular complexity index is 968. The molecule has 3 rings (SSSR count). The molecule has 0 spiro atoms. The molecule has 1 saturated heterocycles. The molecule has 1 aliphatic heterocycles. The van der Waals surface area contributed by atoms with Gasteiger partial charge in [0.25, 0.3) is 0 Å². The maximum Gasteiger partial charge on any atom is 0.338 e. The topological polar surface area (TPSA) is 126 Å². The summed E-state index contributed by atoms with van der Waals surface area (Å²) >= 11 is 0. The lowest BCUT2D eigenvalue weighted by Crippen LogP contribution is -2.45. The summed E-state index contributed by atoms with van der Waals surface area (Å²) < 4.78 is 10.6. The van der Waals surface area contributed by atoms with Crippen LogP contribution in [-0.4, -0.2) is 41.8 Å². The van der Waals surface area contributed by atoms with Gasteiger partial charge in [-0.2, -0.15) is 5.26 Å². The lowest BCUT2D eigenvalue weighted by atomic mass is 9.89. The molecule has 2 aromatic carbocycles. The average Bonchev–Trinajstić information content (AvgIpc) is 2.77. The number of methoxy groups -OCH3 is 1. The number of aliphatic hydroxyl groups excluding tert-OH is 1. The van der Waals surface area contributed by atoms with Gasteiger partial charge in [-0.1, -0.05) is 18.2 Å². The van der Waals surface area contributed by atoms with Crippen molar-refractivity contribution in [1.29, 1.82) is 5.26 Å². The van der Waals surface area contributed by atoms with Crippen LogP contribution >= 0.6 is 0 Å². The predicted molar refractivity (Wildman–Crippen MR) is 108 cm³/mol. The van der Waals surface area contributed by atoms with Crippen molar-refractivity contribution in [2.45, 2.75) is 31.6 Å². The number of piperidine rings is 1. The zero-order chi connectivity index (χ0) is 21.7. The first-order valence-corrected chi connectivity index (χ1v) is 9.51. The first-order valence-electron chi connectivity index (χ1n) is 9.51. The van der Waals surface area contributed by atoms with E-state index >= 15 is 0 Å². The molecule has 3 N–H and O–H groups in total. The van der Waals surface area contributed by atoms with Gasteiger partial charge in [0, 0.05) is 6.54 Å². The summed E-state index contributed by atoms with van der Waals surface area (Å²) in [6.45, 7) is 0.313. The molecule has 8 nitrogen and oxygen atoms in total. The number of benzene rings is 2. The van der Waals surface area contributed by atoms with Crippen LogP contribution in [0.1, 0.15) is 45.9 Å². The number of hydrogen-bond donors (Lipinski definition) is 2. The molecule has 0 aliphatic carbocycles. The molecular weight excluding hydrogens is 386 g/mol. The minimum atomic E-state index is -0.631. The minimum absolute atomic E-state index is 0.0336. The fourth-order valence-corrected chi connectivity index (χ4v) is 3.55. The van der Waals surface area contributed by atoms with E-state index in [2.05, 4.69) is 0 Å². The van der Waals surface area contributed by atoms with Gasteiger partial charge in [-0.15, -0.1) is 0 Å². The predicted octanol–water partition coefficient (Wildman–Crippen LogP) is 2.50. The molecule has 0 aromatic heterocycles. The van der Waals surface area contributed by atoms with Crippen LogP contribution in [0.5, 0.6) is 5.75 Å². The number of amides is 2. The molecule has 2 atom stereocenters. The molecule has 0 saturated carbocycles. The highest BCUT2D eigenvalue weighted by atomic mass is 16.5. The van der Waals surface area contributed by atoms with E-state index in [9.17, 15) is 20.0 Å². The largest absolute Gasteiger partial charge is 0.497 e. The molecule has 2 aromatic rings. The van der Waals surface area contributed by atoms with Crippen LogP contribution in [0.25, 0.3) is 0 Å². The zero-order valence-corrected chi connectivity index (χ0v) is 16.6. The van der Waals surface area contributed by atoms with Crippen molar-refractivity contribution in [1.82, 2.24) is 4.90 Å². The van der Waals surface area contributed by atoms with E-state index in [-0.39, 0.29) is 30.7 Å². The van der Waals surface area contributed by atoms with Crippen LogP contribution in [0, 0.1) is 11.3 Å². The number of rotatable bonds is 5. The number of ether oxygens (including phenoxy) is 2. The van der Waals surface area contributed by atoms with Crippen molar-refractivity contribution in [3.63, 3.8) is 0 Å². The summed E-state index contributed by atoms with van der Waals surface area (Å²) in [5.74, 6) is 0.0684. The second-order valence-electron chi connectivity index (χ2n) is 7.06. The number of urea groups is 1. The lowest BCUT2D eigenvalue weighted by molar-refractivity contribution is 0.0448. The van der Waals surface area contributed by atoms with E-state index in [1.54, 1.807) is 43.5 Å². The maximum absolute atomic E-state index is 12.9. The van der Waals surface area contributed by atoms with Gasteiger partial charge in [0.1, 0.15) is 12.4 Å². The number of esters is 1. The Morgan fingerprint density at radius 2 is 2.00 bits per heavy atom. The summed E-state index contributed by atoms with van der Waals surface area (Å²) in [4.78, 5) is 26.2. The Morgan fingerprint density at radius 3 is 2.63 bits per heavy atom. The maximum atomic E-state index is 12.9. The number of nitrogens with two attached hydrogens (primary N) is 1. The van der Waals surface area contributed by atoms with Crippen molar-refractivity contribution in [2.75, 3.05) is 13.7 Å². The van der Waals surface area contributed by atoms with Crippen LogP contribution < -0.4 is 10.5 Å². The average molecular weight is 409 g/mol. The molecular formula is C22H23N3O5. The standard InChI is InChI=1S/C22H23N3O5/c1-29-17-5-2-14(3-6-17)13-30-21(27)19-10-15(12-23)4-7-18(19)20-11-16(26)8-9-25(20)22(24)28/h2-7,10,16,20,26H,8-9,11,13H2,1H3,(H2,24,28). The number of primary amides is 1. The summed E-state index contributed by atoms with van der Waals surface area (Å²) in [6.07, 6.45) is 0.0324. The van der Waals surface area contributed by atoms with Gasteiger partial charge in [-0.05, 0) is 48.2 Å². The Labute approximate surface area is 174 Å². The highest BCUT2D eigenvalue weighted by Gasteiger charge is 2.33. The summed E-state index contributed by atoms with van der Waals surface area (Å²) in [5, 5.41) is 19.4. The number of carbonyl (C=O) groups excluding carboxylic acids is 2. The van der Waals surface area contributed by atoms with Gasteiger partial charge < -0.3 is 25.2 Å². The lowest BCUT2D eigenvalue weighted by Gasteiger charge is -2.37. The molecule has 1 fully saturated rings. The number of nitrogens with zero attached hydrogens (tertiary/aromatic N) is 2. The smallest absolute Gasteiger partial charge is 0.338 e. The van der Waals surface area contributed by atoms with Gasteiger partial charge >= 0.3 is 12.0 Å². The molecule has 1 heterocycles.